The van der Waals surface area contributed by atoms with Gasteiger partial charge in [0.15, 0.2) is 0 Å². The molecule has 102 valence electrons. The Labute approximate surface area is 112 Å². The van der Waals surface area contributed by atoms with Crippen molar-refractivity contribution in [2.24, 2.45) is 0 Å². The Kier molecular flexibility index (Phi) is 3.06. The standard InChI is InChI=1S/C14H18N2O3/c17-12-4-2-11(3-5-12)8-16-10-14(19-13(16)18)6-1-7-15-9-14/h2-5,15,17H,1,6-10H2. The fourth-order valence-corrected chi connectivity index (χ4v) is 2.80. The number of phenols is 1. The highest BCUT2D eigenvalue weighted by Gasteiger charge is 2.45. The number of hydrogen-bond donors (Lipinski definition) is 2. The SMILES string of the molecule is O=C1OC2(CCCNC2)CN1Cc1ccc(O)cc1. The normalized spacial score (nSPS) is 26.7. The molecule has 2 saturated heterocycles. The maximum Gasteiger partial charge on any atom is 0.410 e. The zero-order valence-electron chi connectivity index (χ0n) is 10.8. The molecule has 2 heterocycles. The maximum atomic E-state index is 11.9. The lowest BCUT2D eigenvalue weighted by Crippen LogP contribution is -2.48. The number of carbonyl (C=O) groups excluding carboxylic acids is 1. The van der Waals surface area contributed by atoms with Gasteiger partial charge in [-0.3, -0.25) is 4.90 Å². The Bertz CT molecular complexity index is 466. The molecule has 19 heavy (non-hydrogen) atoms. The molecule has 0 radical (unpaired) electrons. The number of carbonyl (C=O) groups is 1. The molecule has 0 saturated carbocycles. The zero-order chi connectivity index (χ0) is 13.3. The van der Waals surface area contributed by atoms with Crippen molar-refractivity contribution in [1.29, 1.82) is 0 Å². The summed E-state index contributed by atoms with van der Waals surface area (Å²) >= 11 is 0. The lowest BCUT2D eigenvalue weighted by molar-refractivity contribution is 0.0366. The van der Waals surface area contributed by atoms with Crippen molar-refractivity contribution in [3.8, 4) is 5.75 Å². The van der Waals surface area contributed by atoms with Crippen LogP contribution in [0.4, 0.5) is 4.79 Å². The van der Waals surface area contributed by atoms with Crippen LogP contribution in [0.2, 0.25) is 0 Å². The van der Waals surface area contributed by atoms with E-state index >= 15 is 0 Å². The molecule has 1 amide bonds. The van der Waals surface area contributed by atoms with Gasteiger partial charge in [0.25, 0.3) is 0 Å². The third-order valence-corrected chi connectivity index (χ3v) is 3.78. The number of piperidine rings is 1. The molecule has 0 aliphatic carbocycles. The molecule has 5 heteroatoms. The second kappa shape index (κ2) is 4.74. The molecule has 3 rings (SSSR count). The minimum Gasteiger partial charge on any atom is -0.508 e. The summed E-state index contributed by atoms with van der Waals surface area (Å²) in [5, 5.41) is 12.5. The fourth-order valence-electron chi connectivity index (χ4n) is 2.80. The average molecular weight is 262 g/mol. The van der Waals surface area contributed by atoms with Crippen LogP contribution in [0.3, 0.4) is 0 Å². The van der Waals surface area contributed by atoms with E-state index in [0.717, 1.165) is 31.5 Å². The number of ether oxygens (including phenoxy) is 1. The third-order valence-electron chi connectivity index (χ3n) is 3.78. The predicted octanol–water partition coefficient (Wildman–Crippen LogP) is 1.47. The number of nitrogens with one attached hydrogen (secondary N) is 1. The average Bonchev–Trinajstić information content (AvgIpc) is 2.69. The van der Waals surface area contributed by atoms with E-state index < -0.39 is 0 Å². The molecule has 1 atom stereocenters. The topological polar surface area (TPSA) is 61.8 Å². The van der Waals surface area contributed by atoms with Crippen LogP contribution >= 0.6 is 0 Å². The summed E-state index contributed by atoms with van der Waals surface area (Å²) in [4.78, 5) is 13.7. The first-order chi connectivity index (χ1) is 9.17. The van der Waals surface area contributed by atoms with Crippen molar-refractivity contribution in [3.05, 3.63) is 29.8 Å². The van der Waals surface area contributed by atoms with Crippen LogP contribution in [0.5, 0.6) is 5.75 Å². The largest absolute Gasteiger partial charge is 0.508 e. The van der Waals surface area contributed by atoms with Gasteiger partial charge in [0.2, 0.25) is 0 Å². The van der Waals surface area contributed by atoms with Crippen LogP contribution < -0.4 is 5.32 Å². The summed E-state index contributed by atoms with van der Waals surface area (Å²) in [6.07, 6.45) is 1.73. The Morgan fingerprint density at radius 3 is 2.84 bits per heavy atom. The molecule has 5 nitrogen and oxygen atoms in total. The number of amides is 1. The summed E-state index contributed by atoms with van der Waals surface area (Å²) in [5.41, 5.74) is 0.655. The van der Waals surface area contributed by atoms with E-state index in [1.54, 1.807) is 17.0 Å². The van der Waals surface area contributed by atoms with E-state index in [1.807, 2.05) is 12.1 Å². The third kappa shape index (κ3) is 2.51. The molecule has 1 aromatic rings. The lowest BCUT2D eigenvalue weighted by Gasteiger charge is -2.31. The lowest BCUT2D eigenvalue weighted by atomic mass is 9.94. The molecular formula is C14H18N2O3. The highest BCUT2D eigenvalue weighted by atomic mass is 16.6. The van der Waals surface area contributed by atoms with Gasteiger partial charge in [-0.25, -0.2) is 4.79 Å². The summed E-state index contributed by atoms with van der Waals surface area (Å²) in [5.74, 6) is 0.237. The van der Waals surface area contributed by atoms with Crippen molar-refractivity contribution in [2.75, 3.05) is 19.6 Å². The Morgan fingerprint density at radius 1 is 1.37 bits per heavy atom. The van der Waals surface area contributed by atoms with Crippen molar-refractivity contribution in [1.82, 2.24) is 10.2 Å². The Hall–Kier alpha value is -1.75. The van der Waals surface area contributed by atoms with Crippen molar-refractivity contribution in [2.45, 2.75) is 25.0 Å². The summed E-state index contributed by atoms with van der Waals surface area (Å²) < 4.78 is 5.57. The first kappa shape index (κ1) is 12.3. The molecule has 2 fully saturated rings. The van der Waals surface area contributed by atoms with Gasteiger partial charge in [-0.2, -0.15) is 0 Å². The van der Waals surface area contributed by atoms with Gasteiger partial charge in [-0.15, -0.1) is 0 Å². The second-order valence-electron chi connectivity index (χ2n) is 5.35. The van der Waals surface area contributed by atoms with E-state index in [-0.39, 0.29) is 17.4 Å². The van der Waals surface area contributed by atoms with Crippen molar-refractivity contribution in [3.63, 3.8) is 0 Å². The minimum absolute atomic E-state index is 0.237. The minimum atomic E-state index is -0.341. The number of benzene rings is 1. The number of hydrogen-bond acceptors (Lipinski definition) is 4. The molecule has 2 aliphatic rings. The quantitative estimate of drug-likeness (QED) is 0.847. The molecule has 0 aromatic heterocycles. The maximum absolute atomic E-state index is 11.9. The molecule has 0 bridgehead atoms. The van der Waals surface area contributed by atoms with Crippen LogP contribution in [0.25, 0.3) is 0 Å². The summed E-state index contributed by atoms with van der Waals surface area (Å²) in [7, 11) is 0. The monoisotopic (exact) mass is 262 g/mol. The van der Waals surface area contributed by atoms with Crippen molar-refractivity contribution >= 4 is 6.09 Å². The number of nitrogens with zero attached hydrogens (tertiary/aromatic N) is 1. The van der Waals surface area contributed by atoms with Gasteiger partial charge >= 0.3 is 6.09 Å². The first-order valence-electron chi connectivity index (χ1n) is 6.63. The van der Waals surface area contributed by atoms with Gasteiger partial charge in [-0.1, -0.05) is 12.1 Å². The molecule has 1 unspecified atom stereocenters. The van der Waals surface area contributed by atoms with Crippen LogP contribution in [0.15, 0.2) is 24.3 Å². The number of phenolic OH excluding ortho intramolecular Hbond substituents is 1. The van der Waals surface area contributed by atoms with E-state index in [2.05, 4.69) is 5.32 Å². The Balaban J connectivity index is 1.68. The highest BCUT2D eigenvalue weighted by molar-refractivity contribution is 5.70. The van der Waals surface area contributed by atoms with Gasteiger partial charge < -0.3 is 15.2 Å². The van der Waals surface area contributed by atoms with E-state index in [1.165, 1.54) is 0 Å². The molecule has 2 N–H and O–H groups in total. The number of rotatable bonds is 2. The molecule has 1 spiro atoms. The molecular weight excluding hydrogens is 244 g/mol. The van der Waals surface area contributed by atoms with Gasteiger partial charge in [-0.05, 0) is 37.1 Å². The van der Waals surface area contributed by atoms with E-state index in [4.69, 9.17) is 4.74 Å². The first-order valence-corrected chi connectivity index (χ1v) is 6.63. The predicted molar refractivity (Wildman–Crippen MR) is 69.8 cm³/mol. The highest BCUT2D eigenvalue weighted by Crippen LogP contribution is 2.30. The van der Waals surface area contributed by atoms with Crippen LogP contribution in [0.1, 0.15) is 18.4 Å². The summed E-state index contributed by atoms with van der Waals surface area (Å²) in [6, 6.07) is 6.92. The second-order valence-corrected chi connectivity index (χ2v) is 5.35. The van der Waals surface area contributed by atoms with Crippen LogP contribution in [0, 0.1) is 0 Å². The smallest absolute Gasteiger partial charge is 0.410 e. The molecule has 2 aliphatic heterocycles. The number of aromatic hydroxyl groups is 1. The molecule has 1 aromatic carbocycles. The van der Waals surface area contributed by atoms with E-state index in [9.17, 15) is 9.90 Å². The summed E-state index contributed by atoms with van der Waals surface area (Å²) in [6.45, 7) is 2.91. The fraction of sp³-hybridized carbons (Fsp3) is 0.500. The Morgan fingerprint density at radius 2 is 2.16 bits per heavy atom. The van der Waals surface area contributed by atoms with Gasteiger partial charge in [0.05, 0.1) is 6.54 Å². The van der Waals surface area contributed by atoms with Crippen LogP contribution in [-0.4, -0.2) is 41.3 Å². The van der Waals surface area contributed by atoms with Crippen molar-refractivity contribution < 1.29 is 14.6 Å². The van der Waals surface area contributed by atoms with Crippen LogP contribution in [-0.2, 0) is 11.3 Å². The van der Waals surface area contributed by atoms with E-state index in [0.29, 0.717) is 13.1 Å². The van der Waals surface area contributed by atoms with Gasteiger partial charge in [0, 0.05) is 13.1 Å². The zero-order valence-corrected chi connectivity index (χ0v) is 10.8. The van der Waals surface area contributed by atoms with Gasteiger partial charge in [0.1, 0.15) is 11.4 Å².